The first kappa shape index (κ1) is 17.2. The molecule has 0 saturated heterocycles. The number of nitrogens with zero attached hydrogens (tertiary/aromatic N) is 2. The summed E-state index contributed by atoms with van der Waals surface area (Å²) in [5, 5.41) is 13.6. The van der Waals surface area contributed by atoms with Crippen LogP contribution in [0.1, 0.15) is 21.9 Å². The van der Waals surface area contributed by atoms with E-state index in [1.54, 1.807) is 26.0 Å². The second kappa shape index (κ2) is 7.93. The number of anilines is 1. The summed E-state index contributed by atoms with van der Waals surface area (Å²) >= 11 is 2.47. The second-order valence-electron chi connectivity index (χ2n) is 4.54. The molecule has 122 valence electrons. The summed E-state index contributed by atoms with van der Waals surface area (Å²) in [4.78, 5) is 23.6. The van der Waals surface area contributed by atoms with Crippen LogP contribution in [0.25, 0.3) is 0 Å². The number of carbonyl (C=O) groups excluding carboxylic acids is 2. The molecule has 23 heavy (non-hydrogen) atoms. The highest BCUT2D eigenvalue weighted by molar-refractivity contribution is 8.01. The maximum absolute atomic E-state index is 12.1. The van der Waals surface area contributed by atoms with Gasteiger partial charge in [0.2, 0.25) is 11.0 Å². The lowest BCUT2D eigenvalue weighted by Crippen LogP contribution is -2.24. The van der Waals surface area contributed by atoms with Crippen molar-refractivity contribution >= 4 is 40.0 Å². The van der Waals surface area contributed by atoms with Crippen LogP contribution in [0, 0.1) is 13.8 Å². The Labute approximate surface area is 141 Å². The number of thioether (sulfide) groups is 1. The normalized spacial score (nSPS) is 10.3. The molecule has 0 spiro atoms. The number of amides is 2. The van der Waals surface area contributed by atoms with Crippen molar-refractivity contribution in [2.45, 2.75) is 18.2 Å². The zero-order valence-electron chi connectivity index (χ0n) is 12.7. The largest absolute Gasteiger partial charge is 0.466 e. The van der Waals surface area contributed by atoms with E-state index in [0.717, 1.165) is 0 Å². The lowest BCUT2D eigenvalue weighted by Gasteiger charge is -1.99. The third-order valence-electron chi connectivity index (χ3n) is 2.68. The molecule has 0 aromatic carbocycles. The van der Waals surface area contributed by atoms with E-state index < -0.39 is 0 Å². The van der Waals surface area contributed by atoms with Crippen molar-refractivity contribution in [1.29, 1.82) is 0 Å². The lowest BCUT2D eigenvalue weighted by atomic mass is 10.2. The molecule has 7 nitrogen and oxygen atoms in total. The van der Waals surface area contributed by atoms with E-state index in [0.29, 0.717) is 33.1 Å². The molecule has 0 saturated carbocycles. The van der Waals surface area contributed by atoms with E-state index in [4.69, 9.17) is 4.42 Å². The van der Waals surface area contributed by atoms with Gasteiger partial charge in [0.1, 0.15) is 11.5 Å². The highest BCUT2D eigenvalue weighted by Gasteiger charge is 2.16. The van der Waals surface area contributed by atoms with Crippen LogP contribution < -0.4 is 10.6 Å². The van der Waals surface area contributed by atoms with Gasteiger partial charge in [-0.15, -0.1) is 16.8 Å². The lowest BCUT2D eigenvalue weighted by molar-refractivity contribution is -0.118. The maximum Gasteiger partial charge on any atom is 0.261 e. The van der Waals surface area contributed by atoms with Crippen LogP contribution >= 0.6 is 23.1 Å². The SMILES string of the molecule is C=CCNC(=O)CSc1nnc(NC(=O)c2cc(C)oc2C)s1. The Bertz CT molecular complexity index is 723. The number of hydrogen-bond acceptors (Lipinski definition) is 7. The molecule has 2 aromatic heterocycles. The molecule has 0 radical (unpaired) electrons. The molecule has 0 aliphatic heterocycles. The summed E-state index contributed by atoms with van der Waals surface area (Å²) in [6, 6.07) is 1.67. The average Bonchev–Trinajstić information content (AvgIpc) is 3.09. The minimum Gasteiger partial charge on any atom is -0.466 e. The monoisotopic (exact) mass is 352 g/mol. The quantitative estimate of drug-likeness (QED) is 0.451. The summed E-state index contributed by atoms with van der Waals surface area (Å²) in [5.74, 6) is 1.05. The van der Waals surface area contributed by atoms with Crippen LogP contribution in [0.2, 0.25) is 0 Å². The third kappa shape index (κ3) is 4.93. The molecule has 2 amide bonds. The molecule has 0 atom stereocenters. The maximum atomic E-state index is 12.1. The van der Waals surface area contributed by atoms with Crippen molar-refractivity contribution in [2.24, 2.45) is 0 Å². The Kier molecular flexibility index (Phi) is 5.94. The molecule has 2 N–H and O–H groups in total. The van der Waals surface area contributed by atoms with Crippen molar-refractivity contribution in [3.05, 3.63) is 35.8 Å². The third-order valence-corrected chi connectivity index (χ3v) is 4.65. The van der Waals surface area contributed by atoms with Crippen molar-refractivity contribution in [2.75, 3.05) is 17.6 Å². The highest BCUT2D eigenvalue weighted by atomic mass is 32.2. The van der Waals surface area contributed by atoms with Gasteiger partial charge in [-0.25, -0.2) is 0 Å². The Morgan fingerprint density at radius 1 is 1.43 bits per heavy atom. The van der Waals surface area contributed by atoms with Crippen LogP contribution in [-0.4, -0.2) is 34.3 Å². The molecule has 2 rings (SSSR count). The molecule has 2 aromatic rings. The standard InChI is InChI=1S/C14H16N4O3S2/c1-4-5-15-11(19)7-22-14-18-17-13(23-14)16-12(20)10-6-8(2)21-9(10)3/h4,6H,1,5,7H2,2-3H3,(H,15,19)(H,16,17,20). The number of rotatable bonds is 7. The molecule has 9 heteroatoms. The van der Waals surface area contributed by atoms with Crippen LogP contribution in [0.5, 0.6) is 0 Å². The zero-order valence-corrected chi connectivity index (χ0v) is 14.3. The smallest absolute Gasteiger partial charge is 0.261 e. The Hall–Kier alpha value is -2.13. The minimum atomic E-state index is -0.296. The molecule has 0 fully saturated rings. The van der Waals surface area contributed by atoms with Gasteiger partial charge < -0.3 is 9.73 Å². The van der Waals surface area contributed by atoms with Gasteiger partial charge in [-0.1, -0.05) is 29.2 Å². The fourth-order valence-electron chi connectivity index (χ4n) is 1.70. The molecule has 0 aliphatic rings. The van der Waals surface area contributed by atoms with Gasteiger partial charge in [0, 0.05) is 6.54 Å². The molecular weight excluding hydrogens is 336 g/mol. The van der Waals surface area contributed by atoms with E-state index >= 15 is 0 Å². The molecule has 0 bridgehead atoms. The van der Waals surface area contributed by atoms with Crippen molar-refractivity contribution in [3.63, 3.8) is 0 Å². The summed E-state index contributed by atoms with van der Waals surface area (Å²) in [7, 11) is 0. The first-order valence-electron chi connectivity index (χ1n) is 6.72. The summed E-state index contributed by atoms with van der Waals surface area (Å²) in [5.41, 5.74) is 0.468. The van der Waals surface area contributed by atoms with Crippen LogP contribution in [0.15, 0.2) is 27.5 Å². The summed E-state index contributed by atoms with van der Waals surface area (Å²) < 4.78 is 5.93. The van der Waals surface area contributed by atoms with Gasteiger partial charge in [-0.05, 0) is 19.9 Å². The predicted molar refractivity (Wildman–Crippen MR) is 90.0 cm³/mol. The topological polar surface area (TPSA) is 97.1 Å². The van der Waals surface area contributed by atoms with Crippen molar-refractivity contribution < 1.29 is 14.0 Å². The fourth-order valence-corrected chi connectivity index (χ4v) is 3.28. The van der Waals surface area contributed by atoms with E-state index in [9.17, 15) is 9.59 Å². The first-order chi connectivity index (χ1) is 11.0. The number of aryl methyl sites for hydroxylation is 2. The van der Waals surface area contributed by atoms with Crippen LogP contribution in [0.4, 0.5) is 5.13 Å². The Morgan fingerprint density at radius 3 is 2.87 bits per heavy atom. The van der Waals surface area contributed by atoms with Gasteiger partial charge in [0.25, 0.3) is 5.91 Å². The van der Waals surface area contributed by atoms with Crippen LogP contribution in [-0.2, 0) is 4.79 Å². The molecular formula is C14H16N4O3S2. The van der Waals surface area contributed by atoms with Gasteiger partial charge in [0.05, 0.1) is 11.3 Å². The van der Waals surface area contributed by atoms with Gasteiger partial charge in [0.15, 0.2) is 4.34 Å². The Morgan fingerprint density at radius 2 is 2.22 bits per heavy atom. The number of hydrogen-bond donors (Lipinski definition) is 2. The minimum absolute atomic E-state index is 0.111. The summed E-state index contributed by atoms with van der Waals surface area (Å²) in [6.45, 7) is 7.46. The number of aromatic nitrogens is 2. The average molecular weight is 352 g/mol. The van der Waals surface area contributed by atoms with Gasteiger partial charge in [-0.3, -0.25) is 14.9 Å². The van der Waals surface area contributed by atoms with E-state index in [2.05, 4.69) is 27.4 Å². The zero-order chi connectivity index (χ0) is 16.8. The number of nitrogens with one attached hydrogen (secondary N) is 2. The van der Waals surface area contributed by atoms with Crippen molar-refractivity contribution in [1.82, 2.24) is 15.5 Å². The number of carbonyl (C=O) groups is 2. The van der Waals surface area contributed by atoms with Gasteiger partial charge >= 0.3 is 0 Å². The molecule has 0 aliphatic carbocycles. The molecule has 2 heterocycles. The van der Waals surface area contributed by atoms with E-state index in [1.807, 2.05) is 0 Å². The van der Waals surface area contributed by atoms with Crippen molar-refractivity contribution in [3.8, 4) is 0 Å². The van der Waals surface area contributed by atoms with Gasteiger partial charge in [-0.2, -0.15) is 0 Å². The Balaban J connectivity index is 1.89. The predicted octanol–water partition coefficient (Wildman–Crippen LogP) is 2.39. The second-order valence-corrected chi connectivity index (χ2v) is 6.74. The molecule has 0 unspecified atom stereocenters. The van der Waals surface area contributed by atoms with E-state index in [-0.39, 0.29) is 17.6 Å². The first-order valence-corrected chi connectivity index (χ1v) is 8.52. The highest BCUT2D eigenvalue weighted by Crippen LogP contribution is 2.26. The number of furan rings is 1. The fraction of sp³-hybridized carbons (Fsp3) is 0.286. The summed E-state index contributed by atoms with van der Waals surface area (Å²) in [6.07, 6.45) is 1.61. The van der Waals surface area contributed by atoms with E-state index in [1.165, 1.54) is 23.1 Å². The van der Waals surface area contributed by atoms with Crippen LogP contribution in [0.3, 0.4) is 0 Å².